The quantitative estimate of drug-likeness (QED) is 0.761. The van der Waals surface area contributed by atoms with Crippen LogP contribution in [0, 0.1) is 17.1 Å². The molecule has 22 heavy (non-hydrogen) atoms. The number of nitriles is 1. The Bertz CT molecular complexity index is 918. The summed E-state index contributed by atoms with van der Waals surface area (Å²) < 4.78 is 13.2. The highest BCUT2D eigenvalue weighted by molar-refractivity contribution is 7.19. The second-order valence-corrected chi connectivity index (χ2v) is 6.54. The van der Waals surface area contributed by atoms with Gasteiger partial charge in [-0.2, -0.15) is 5.26 Å². The summed E-state index contributed by atoms with van der Waals surface area (Å²) in [6.07, 6.45) is 2.20. The number of nitrogen functional groups attached to an aromatic ring is 1. The Morgan fingerprint density at radius 1 is 1.27 bits per heavy atom. The van der Waals surface area contributed by atoms with Crippen molar-refractivity contribution in [1.29, 1.82) is 5.26 Å². The fraction of sp³-hybridized carbons (Fsp3) is 0.176. The fourth-order valence-corrected chi connectivity index (χ4v) is 3.58. The van der Waals surface area contributed by atoms with Crippen molar-refractivity contribution in [2.24, 2.45) is 0 Å². The van der Waals surface area contributed by atoms with Crippen molar-refractivity contribution in [1.82, 2.24) is 4.98 Å². The predicted molar refractivity (Wildman–Crippen MR) is 86.1 cm³/mol. The highest BCUT2D eigenvalue weighted by Gasteiger charge is 2.30. The first-order valence-corrected chi connectivity index (χ1v) is 7.88. The average molecular weight is 309 g/mol. The maximum atomic E-state index is 13.2. The standard InChI is InChI=1S/C17H12FN3S/c18-11-5-3-9(4-6-11)14-13-7-12(8-19)22-17(13)21-16(15(14)20)10-1-2-10/h3-7,10H,1-2,20H2. The molecule has 3 aromatic rings. The van der Waals surface area contributed by atoms with Crippen LogP contribution in [0.5, 0.6) is 0 Å². The number of hydrogen-bond donors (Lipinski definition) is 1. The van der Waals surface area contributed by atoms with E-state index < -0.39 is 0 Å². The third-order valence-electron chi connectivity index (χ3n) is 3.96. The van der Waals surface area contributed by atoms with E-state index in [1.165, 1.54) is 23.5 Å². The van der Waals surface area contributed by atoms with Gasteiger partial charge in [0.15, 0.2) is 0 Å². The van der Waals surface area contributed by atoms with E-state index >= 15 is 0 Å². The van der Waals surface area contributed by atoms with Crippen molar-refractivity contribution < 1.29 is 4.39 Å². The lowest BCUT2D eigenvalue weighted by molar-refractivity contribution is 0.628. The second-order valence-electron chi connectivity index (χ2n) is 5.51. The van der Waals surface area contributed by atoms with Gasteiger partial charge in [0.1, 0.15) is 21.6 Å². The third kappa shape index (κ3) is 2.04. The van der Waals surface area contributed by atoms with Crippen molar-refractivity contribution in [2.75, 3.05) is 5.73 Å². The predicted octanol–water partition coefficient (Wildman–Crippen LogP) is 4.43. The number of hydrogen-bond acceptors (Lipinski definition) is 4. The molecule has 1 aliphatic carbocycles. The van der Waals surface area contributed by atoms with Crippen molar-refractivity contribution in [3.05, 3.63) is 46.7 Å². The summed E-state index contributed by atoms with van der Waals surface area (Å²) in [7, 11) is 0. The van der Waals surface area contributed by atoms with Crippen molar-refractivity contribution in [2.45, 2.75) is 18.8 Å². The molecule has 4 rings (SSSR count). The molecule has 2 aromatic heterocycles. The Kier molecular flexibility index (Phi) is 2.88. The van der Waals surface area contributed by atoms with E-state index in [1.807, 2.05) is 6.07 Å². The molecular formula is C17H12FN3S. The van der Waals surface area contributed by atoms with Crippen LogP contribution >= 0.6 is 11.3 Å². The van der Waals surface area contributed by atoms with Crippen molar-refractivity contribution in [3.8, 4) is 17.2 Å². The van der Waals surface area contributed by atoms with Crippen LogP contribution < -0.4 is 5.73 Å². The van der Waals surface area contributed by atoms with Crippen LogP contribution in [0.4, 0.5) is 10.1 Å². The molecular weight excluding hydrogens is 297 g/mol. The minimum Gasteiger partial charge on any atom is -0.397 e. The first-order valence-electron chi connectivity index (χ1n) is 7.06. The molecule has 0 unspecified atom stereocenters. The maximum absolute atomic E-state index is 13.2. The molecule has 1 fully saturated rings. The molecule has 0 bridgehead atoms. The van der Waals surface area contributed by atoms with Crippen molar-refractivity contribution >= 4 is 27.2 Å². The number of anilines is 1. The number of thiophene rings is 1. The van der Waals surface area contributed by atoms with E-state index in [4.69, 9.17) is 11.0 Å². The van der Waals surface area contributed by atoms with Gasteiger partial charge in [-0.3, -0.25) is 0 Å². The molecule has 0 amide bonds. The van der Waals surface area contributed by atoms with Crippen LogP contribution in [0.1, 0.15) is 29.3 Å². The van der Waals surface area contributed by atoms with Gasteiger partial charge in [-0.25, -0.2) is 9.37 Å². The number of halogens is 1. The highest BCUT2D eigenvalue weighted by atomic mass is 32.1. The second kappa shape index (κ2) is 4.79. The Morgan fingerprint density at radius 2 is 2.00 bits per heavy atom. The third-order valence-corrected chi connectivity index (χ3v) is 4.89. The molecule has 0 aliphatic heterocycles. The fourth-order valence-electron chi connectivity index (χ4n) is 2.74. The molecule has 1 saturated carbocycles. The van der Waals surface area contributed by atoms with Gasteiger partial charge in [0, 0.05) is 16.9 Å². The molecule has 1 aromatic carbocycles. The molecule has 3 nitrogen and oxygen atoms in total. The monoisotopic (exact) mass is 309 g/mol. The van der Waals surface area contributed by atoms with Gasteiger partial charge in [-0.15, -0.1) is 11.3 Å². The summed E-state index contributed by atoms with van der Waals surface area (Å²) in [6, 6.07) is 10.3. The zero-order chi connectivity index (χ0) is 15.3. The maximum Gasteiger partial charge on any atom is 0.125 e. The van der Waals surface area contributed by atoms with Crippen LogP contribution in [-0.2, 0) is 0 Å². The summed E-state index contributed by atoms with van der Waals surface area (Å²) in [6.45, 7) is 0. The minimum atomic E-state index is -0.280. The van der Waals surface area contributed by atoms with E-state index in [-0.39, 0.29) is 5.82 Å². The van der Waals surface area contributed by atoms with Gasteiger partial charge in [0.25, 0.3) is 0 Å². The molecule has 2 N–H and O–H groups in total. The number of nitrogens with zero attached hydrogens (tertiary/aromatic N) is 2. The molecule has 0 spiro atoms. The molecule has 1 aliphatic rings. The summed E-state index contributed by atoms with van der Waals surface area (Å²) in [5.74, 6) is 0.134. The molecule has 108 valence electrons. The summed E-state index contributed by atoms with van der Waals surface area (Å²) >= 11 is 1.38. The molecule has 0 atom stereocenters. The zero-order valence-corrected chi connectivity index (χ0v) is 12.5. The summed E-state index contributed by atoms with van der Waals surface area (Å²) in [5, 5.41) is 10.0. The molecule has 5 heteroatoms. The van der Waals surface area contributed by atoms with E-state index in [1.54, 1.807) is 12.1 Å². The van der Waals surface area contributed by atoms with Crippen LogP contribution in [0.2, 0.25) is 0 Å². The van der Waals surface area contributed by atoms with E-state index in [2.05, 4.69) is 11.1 Å². The Balaban J connectivity index is 2.05. The Labute approximate surface area is 130 Å². The number of fused-ring (bicyclic) bond motifs is 1. The van der Waals surface area contributed by atoms with Gasteiger partial charge in [0.2, 0.25) is 0 Å². The largest absolute Gasteiger partial charge is 0.397 e. The summed E-state index contributed by atoms with van der Waals surface area (Å²) in [5.41, 5.74) is 9.67. The van der Waals surface area contributed by atoms with Crippen LogP contribution in [0.15, 0.2) is 30.3 Å². The molecule has 0 radical (unpaired) electrons. The van der Waals surface area contributed by atoms with E-state index in [9.17, 15) is 4.39 Å². The van der Waals surface area contributed by atoms with Gasteiger partial charge in [0.05, 0.1) is 11.4 Å². The molecule has 0 saturated heterocycles. The van der Waals surface area contributed by atoms with Crippen LogP contribution in [0.25, 0.3) is 21.3 Å². The molecule has 2 heterocycles. The summed E-state index contributed by atoms with van der Waals surface area (Å²) in [4.78, 5) is 6.11. The minimum absolute atomic E-state index is 0.280. The lowest BCUT2D eigenvalue weighted by Crippen LogP contribution is -2.00. The number of nitrogens with two attached hydrogens (primary N) is 1. The Morgan fingerprint density at radius 3 is 2.64 bits per heavy atom. The van der Waals surface area contributed by atoms with Crippen LogP contribution in [-0.4, -0.2) is 4.98 Å². The van der Waals surface area contributed by atoms with Gasteiger partial charge >= 0.3 is 0 Å². The lowest BCUT2D eigenvalue weighted by atomic mass is 9.99. The number of benzene rings is 1. The first-order chi connectivity index (χ1) is 10.7. The highest BCUT2D eigenvalue weighted by Crippen LogP contribution is 2.47. The first kappa shape index (κ1) is 13.2. The lowest BCUT2D eigenvalue weighted by Gasteiger charge is -2.12. The topological polar surface area (TPSA) is 62.7 Å². The van der Waals surface area contributed by atoms with Gasteiger partial charge < -0.3 is 5.73 Å². The smallest absolute Gasteiger partial charge is 0.125 e. The zero-order valence-electron chi connectivity index (χ0n) is 11.6. The van der Waals surface area contributed by atoms with Crippen LogP contribution in [0.3, 0.4) is 0 Å². The number of rotatable bonds is 2. The van der Waals surface area contributed by atoms with Crippen molar-refractivity contribution in [3.63, 3.8) is 0 Å². The van der Waals surface area contributed by atoms with E-state index in [0.29, 0.717) is 16.5 Å². The van der Waals surface area contributed by atoms with Gasteiger partial charge in [-0.1, -0.05) is 12.1 Å². The van der Waals surface area contributed by atoms with E-state index in [0.717, 1.165) is 39.9 Å². The SMILES string of the molecule is N#Cc1cc2c(-c3ccc(F)cc3)c(N)c(C3CC3)nc2s1. The Hall–Kier alpha value is -2.45. The number of aromatic nitrogens is 1. The normalized spacial score (nSPS) is 14.2. The van der Waals surface area contributed by atoms with Gasteiger partial charge in [-0.05, 0) is 36.6 Å². The number of pyridine rings is 1. The average Bonchev–Trinajstić information content (AvgIpc) is 3.28.